The highest BCUT2D eigenvalue weighted by atomic mass is 35.5. The first-order valence-corrected chi connectivity index (χ1v) is 12.5. The minimum Gasteiger partial charge on any atom is -0.493 e. The van der Waals surface area contributed by atoms with Crippen molar-refractivity contribution in [3.8, 4) is 11.5 Å². The molecule has 33 heavy (non-hydrogen) atoms. The van der Waals surface area contributed by atoms with E-state index in [-0.39, 0.29) is 16.7 Å². The highest BCUT2D eigenvalue weighted by Crippen LogP contribution is 2.47. The maximum absolute atomic E-state index is 6.92. The summed E-state index contributed by atoms with van der Waals surface area (Å²) in [6.45, 7) is 0.995. The van der Waals surface area contributed by atoms with Crippen molar-refractivity contribution >= 4 is 29.3 Å². The Morgan fingerprint density at radius 2 is 1.36 bits per heavy atom. The van der Waals surface area contributed by atoms with E-state index in [0.717, 1.165) is 30.8 Å². The number of allylic oxidation sites excluding steroid dienone is 1. The van der Waals surface area contributed by atoms with Crippen LogP contribution in [0.4, 0.5) is 0 Å². The fourth-order valence-electron chi connectivity index (χ4n) is 4.58. The van der Waals surface area contributed by atoms with Crippen molar-refractivity contribution in [1.29, 1.82) is 0 Å². The maximum atomic E-state index is 6.92. The number of fused-ring (bicyclic) bond motifs is 1. The first kappa shape index (κ1) is 23.7. The predicted molar refractivity (Wildman–Crippen MR) is 139 cm³/mol. The highest BCUT2D eigenvalue weighted by molar-refractivity contribution is 6.20. The van der Waals surface area contributed by atoms with Crippen molar-refractivity contribution < 1.29 is 9.47 Å². The molecule has 1 aliphatic rings. The van der Waals surface area contributed by atoms with Gasteiger partial charge in [-0.15, -0.1) is 23.2 Å². The summed E-state index contributed by atoms with van der Waals surface area (Å²) >= 11 is 12.9. The van der Waals surface area contributed by atoms with Gasteiger partial charge < -0.3 is 9.47 Å². The molecule has 0 aromatic heterocycles. The molecule has 0 radical (unpaired) electrons. The van der Waals surface area contributed by atoms with E-state index in [4.69, 9.17) is 32.7 Å². The van der Waals surface area contributed by atoms with Gasteiger partial charge in [0, 0.05) is 17.2 Å². The smallest absolute Gasteiger partial charge is 0.119 e. The Labute approximate surface area is 207 Å². The molecule has 2 atom stereocenters. The van der Waals surface area contributed by atoms with E-state index in [0.29, 0.717) is 19.1 Å². The third-order valence-corrected chi connectivity index (χ3v) is 6.92. The second-order valence-electron chi connectivity index (χ2n) is 8.66. The van der Waals surface area contributed by atoms with Crippen LogP contribution in [0.2, 0.25) is 0 Å². The summed E-state index contributed by atoms with van der Waals surface area (Å²) in [5.41, 5.74) is 2.19. The van der Waals surface area contributed by atoms with Gasteiger partial charge in [0.1, 0.15) is 11.5 Å². The molecular weight excluding hydrogens is 451 g/mol. The van der Waals surface area contributed by atoms with Crippen LogP contribution in [0, 0.1) is 5.41 Å². The van der Waals surface area contributed by atoms with Gasteiger partial charge in [-0.25, -0.2) is 0 Å². The molecule has 3 aromatic carbocycles. The standard InChI is InChI=1S/C29H30Cl2O2/c30-19-9-11-24(31)20-29(21-32-25-12-3-1-4-13-25,22-33-26-14-5-2-6-15-26)28-18-17-23-10-7-8-16-27(23)28/h1-8,10,12-18,24,28H,9,11,19-22H2. The molecule has 0 saturated carbocycles. The Balaban J connectivity index is 1.67. The monoisotopic (exact) mass is 480 g/mol. The summed E-state index contributed by atoms with van der Waals surface area (Å²) < 4.78 is 12.8. The van der Waals surface area contributed by atoms with Crippen molar-refractivity contribution in [2.45, 2.75) is 30.6 Å². The summed E-state index contributed by atoms with van der Waals surface area (Å²) in [4.78, 5) is 0. The Kier molecular flexibility index (Phi) is 8.36. The first-order valence-electron chi connectivity index (χ1n) is 11.5. The summed E-state index contributed by atoms with van der Waals surface area (Å²) in [5.74, 6) is 2.45. The van der Waals surface area contributed by atoms with Crippen LogP contribution in [0.1, 0.15) is 36.3 Å². The molecule has 0 heterocycles. The summed E-state index contributed by atoms with van der Waals surface area (Å²) in [6.07, 6.45) is 7.01. The lowest BCUT2D eigenvalue weighted by Crippen LogP contribution is -2.42. The molecule has 172 valence electrons. The number of hydrogen-bond acceptors (Lipinski definition) is 2. The molecule has 0 fully saturated rings. The number of halogens is 2. The molecule has 0 bridgehead atoms. The van der Waals surface area contributed by atoms with Crippen LogP contribution in [-0.4, -0.2) is 24.5 Å². The van der Waals surface area contributed by atoms with E-state index in [1.54, 1.807) is 0 Å². The van der Waals surface area contributed by atoms with E-state index in [2.05, 4.69) is 36.4 Å². The molecule has 2 nitrogen and oxygen atoms in total. The Bertz CT molecular complexity index is 977. The van der Waals surface area contributed by atoms with Gasteiger partial charge in [-0.1, -0.05) is 72.8 Å². The summed E-state index contributed by atoms with van der Waals surface area (Å²) in [5, 5.41) is -0.0244. The van der Waals surface area contributed by atoms with Crippen LogP contribution in [0.5, 0.6) is 11.5 Å². The third kappa shape index (κ3) is 6.13. The lowest BCUT2D eigenvalue weighted by atomic mass is 9.70. The number of para-hydroxylation sites is 2. The quantitative estimate of drug-likeness (QED) is 0.244. The van der Waals surface area contributed by atoms with Crippen molar-refractivity contribution in [3.05, 3.63) is 102 Å². The second kappa shape index (κ2) is 11.6. The van der Waals surface area contributed by atoms with Crippen molar-refractivity contribution in [2.24, 2.45) is 5.41 Å². The van der Waals surface area contributed by atoms with Crippen LogP contribution in [0.15, 0.2) is 91.0 Å². The molecule has 3 aromatic rings. The highest BCUT2D eigenvalue weighted by Gasteiger charge is 2.44. The largest absolute Gasteiger partial charge is 0.493 e. The lowest BCUT2D eigenvalue weighted by Gasteiger charge is -2.40. The van der Waals surface area contributed by atoms with Crippen molar-refractivity contribution in [3.63, 3.8) is 0 Å². The Hall–Kier alpha value is -2.42. The number of ether oxygens (including phenoxy) is 2. The normalized spacial score (nSPS) is 15.8. The third-order valence-electron chi connectivity index (χ3n) is 6.28. The van der Waals surface area contributed by atoms with E-state index < -0.39 is 0 Å². The zero-order valence-electron chi connectivity index (χ0n) is 18.7. The van der Waals surface area contributed by atoms with Gasteiger partial charge >= 0.3 is 0 Å². The fraction of sp³-hybridized carbons (Fsp3) is 0.310. The topological polar surface area (TPSA) is 18.5 Å². The Morgan fingerprint density at radius 3 is 1.97 bits per heavy atom. The van der Waals surface area contributed by atoms with Crippen molar-refractivity contribution in [1.82, 2.24) is 0 Å². The molecule has 4 rings (SSSR count). The second-order valence-corrected chi connectivity index (χ2v) is 9.66. The van der Waals surface area contributed by atoms with Crippen LogP contribution in [-0.2, 0) is 0 Å². The molecule has 0 amide bonds. The van der Waals surface area contributed by atoms with E-state index >= 15 is 0 Å². The molecule has 1 aliphatic carbocycles. The summed E-state index contributed by atoms with van der Waals surface area (Å²) in [6, 6.07) is 28.5. The van der Waals surface area contributed by atoms with Gasteiger partial charge in [0.05, 0.1) is 18.6 Å². The van der Waals surface area contributed by atoms with E-state index in [1.165, 1.54) is 11.1 Å². The molecule has 4 heteroatoms. The van der Waals surface area contributed by atoms with Crippen molar-refractivity contribution in [2.75, 3.05) is 19.1 Å². The minimum absolute atomic E-state index is 0.0244. The maximum Gasteiger partial charge on any atom is 0.119 e. The zero-order valence-corrected chi connectivity index (χ0v) is 20.2. The summed E-state index contributed by atoms with van der Waals surface area (Å²) in [7, 11) is 0. The minimum atomic E-state index is -0.354. The van der Waals surface area contributed by atoms with Gasteiger partial charge in [0.15, 0.2) is 0 Å². The fourth-order valence-corrected chi connectivity index (χ4v) is 5.19. The number of benzene rings is 3. The zero-order chi connectivity index (χ0) is 22.9. The molecular formula is C29H30Cl2O2. The van der Waals surface area contributed by atoms with Crippen LogP contribution >= 0.6 is 23.2 Å². The number of hydrogen-bond donors (Lipinski definition) is 0. The van der Waals surface area contributed by atoms with Gasteiger partial charge in [-0.05, 0) is 54.7 Å². The molecule has 0 spiro atoms. The SMILES string of the molecule is ClCCCC(Cl)CC(COc1ccccc1)(COc1ccccc1)C1C=Cc2ccccc21. The number of alkyl halides is 2. The molecule has 2 unspecified atom stereocenters. The average molecular weight is 481 g/mol. The predicted octanol–water partition coefficient (Wildman–Crippen LogP) is 7.96. The molecule has 0 N–H and O–H groups in total. The van der Waals surface area contributed by atoms with Crippen LogP contribution in [0.3, 0.4) is 0 Å². The number of rotatable bonds is 12. The van der Waals surface area contributed by atoms with E-state index in [9.17, 15) is 0 Å². The van der Waals surface area contributed by atoms with Gasteiger partial charge in [0.25, 0.3) is 0 Å². The van der Waals surface area contributed by atoms with Gasteiger partial charge in [-0.2, -0.15) is 0 Å². The lowest BCUT2D eigenvalue weighted by molar-refractivity contribution is 0.0559. The van der Waals surface area contributed by atoms with Gasteiger partial charge in [-0.3, -0.25) is 0 Å². The van der Waals surface area contributed by atoms with Crippen LogP contribution < -0.4 is 9.47 Å². The van der Waals surface area contributed by atoms with E-state index in [1.807, 2.05) is 60.7 Å². The van der Waals surface area contributed by atoms with Crippen LogP contribution in [0.25, 0.3) is 6.08 Å². The molecule has 0 saturated heterocycles. The average Bonchev–Trinajstić information content (AvgIpc) is 3.31. The Morgan fingerprint density at radius 1 is 0.788 bits per heavy atom. The van der Waals surface area contributed by atoms with Gasteiger partial charge in [0.2, 0.25) is 0 Å². The molecule has 0 aliphatic heterocycles. The first-order chi connectivity index (χ1) is 16.2.